The molecule has 1 aromatic carbocycles. The number of ether oxygens (including phenoxy) is 1. The van der Waals surface area contributed by atoms with E-state index in [1.807, 2.05) is 18.2 Å². The number of nitrogens with zero attached hydrogens (tertiary/aromatic N) is 1. The van der Waals surface area contributed by atoms with Crippen LogP contribution in [0.3, 0.4) is 0 Å². The van der Waals surface area contributed by atoms with Gasteiger partial charge in [0, 0.05) is 18.8 Å². The van der Waals surface area contributed by atoms with E-state index in [0.29, 0.717) is 12.5 Å². The van der Waals surface area contributed by atoms with Crippen molar-refractivity contribution in [2.75, 3.05) is 25.0 Å². The molecule has 4 nitrogen and oxygen atoms in total. The minimum atomic E-state index is 0.0457. The lowest BCUT2D eigenvalue weighted by atomic mass is 10.0. The minimum Gasteiger partial charge on any atom is -0.373 e. The molecule has 0 aliphatic carbocycles. The van der Waals surface area contributed by atoms with Gasteiger partial charge in [-0.2, -0.15) is 0 Å². The van der Waals surface area contributed by atoms with Gasteiger partial charge in [-0.25, -0.2) is 0 Å². The van der Waals surface area contributed by atoms with Crippen LogP contribution in [-0.2, 0) is 9.53 Å². The molecule has 116 valence electrons. The SMILES string of the molecule is CC(C)c1ccccc1NC(=O)CN1C[C@H](C)O[C@@H](C)C1. The zero-order valence-electron chi connectivity index (χ0n) is 13.4. The third-order valence-electron chi connectivity index (χ3n) is 3.72. The maximum Gasteiger partial charge on any atom is 0.238 e. The average Bonchev–Trinajstić information content (AvgIpc) is 2.37. The largest absolute Gasteiger partial charge is 0.373 e. The Balaban J connectivity index is 1.96. The minimum absolute atomic E-state index is 0.0457. The van der Waals surface area contributed by atoms with Crippen molar-refractivity contribution < 1.29 is 9.53 Å². The lowest BCUT2D eigenvalue weighted by Gasteiger charge is -2.34. The Labute approximate surface area is 127 Å². The summed E-state index contributed by atoms with van der Waals surface area (Å²) in [7, 11) is 0. The maximum atomic E-state index is 12.3. The highest BCUT2D eigenvalue weighted by molar-refractivity contribution is 5.93. The number of hydrogen-bond donors (Lipinski definition) is 1. The number of anilines is 1. The lowest BCUT2D eigenvalue weighted by Crippen LogP contribution is -2.48. The van der Waals surface area contributed by atoms with Gasteiger partial charge < -0.3 is 10.1 Å². The molecule has 1 aromatic rings. The number of para-hydroxylation sites is 1. The summed E-state index contributed by atoms with van der Waals surface area (Å²) >= 11 is 0. The Kier molecular flexibility index (Phi) is 5.37. The highest BCUT2D eigenvalue weighted by Crippen LogP contribution is 2.23. The number of carbonyl (C=O) groups excluding carboxylic acids is 1. The van der Waals surface area contributed by atoms with Gasteiger partial charge >= 0.3 is 0 Å². The van der Waals surface area contributed by atoms with E-state index in [2.05, 4.69) is 44.0 Å². The summed E-state index contributed by atoms with van der Waals surface area (Å²) in [6.45, 7) is 10.4. The van der Waals surface area contributed by atoms with Crippen molar-refractivity contribution in [3.63, 3.8) is 0 Å². The number of rotatable bonds is 4. The van der Waals surface area contributed by atoms with E-state index in [-0.39, 0.29) is 18.1 Å². The van der Waals surface area contributed by atoms with Crippen LogP contribution in [0, 0.1) is 0 Å². The molecule has 2 rings (SSSR count). The number of amides is 1. The number of nitrogens with one attached hydrogen (secondary N) is 1. The van der Waals surface area contributed by atoms with Crippen LogP contribution in [-0.4, -0.2) is 42.6 Å². The molecule has 0 aromatic heterocycles. The number of morpholine rings is 1. The van der Waals surface area contributed by atoms with Gasteiger partial charge in [-0.1, -0.05) is 32.0 Å². The second-order valence-electron chi connectivity index (χ2n) is 6.24. The Morgan fingerprint density at radius 1 is 1.29 bits per heavy atom. The van der Waals surface area contributed by atoms with Gasteiger partial charge in [-0.05, 0) is 31.4 Å². The molecule has 1 heterocycles. The standard InChI is InChI=1S/C17H26N2O2/c1-12(2)15-7-5-6-8-16(15)18-17(20)11-19-9-13(3)21-14(4)10-19/h5-8,12-14H,9-11H2,1-4H3,(H,18,20)/t13-,14-/m0/s1. The van der Waals surface area contributed by atoms with Crippen molar-refractivity contribution >= 4 is 11.6 Å². The molecule has 1 aliphatic heterocycles. The van der Waals surface area contributed by atoms with E-state index < -0.39 is 0 Å². The molecule has 1 N–H and O–H groups in total. The molecular formula is C17H26N2O2. The monoisotopic (exact) mass is 290 g/mol. The fourth-order valence-electron chi connectivity index (χ4n) is 2.92. The smallest absolute Gasteiger partial charge is 0.238 e. The molecule has 4 heteroatoms. The van der Waals surface area contributed by atoms with E-state index in [0.717, 1.165) is 18.8 Å². The molecule has 1 amide bonds. The third-order valence-corrected chi connectivity index (χ3v) is 3.72. The first-order valence-corrected chi connectivity index (χ1v) is 7.72. The molecule has 0 radical (unpaired) electrons. The number of hydrogen-bond acceptors (Lipinski definition) is 3. The number of benzene rings is 1. The Morgan fingerprint density at radius 2 is 1.90 bits per heavy atom. The van der Waals surface area contributed by atoms with Gasteiger partial charge in [0.05, 0.1) is 18.8 Å². The predicted molar refractivity (Wildman–Crippen MR) is 85.6 cm³/mol. The summed E-state index contributed by atoms with van der Waals surface area (Å²) in [6, 6.07) is 8.01. The van der Waals surface area contributed by atoms with E-state index in [9.17, 15) is 4.79 Å². The third kappa shape index (κ3) is 4.55. The quantitative estimate of drug-likeness (QED) is 0.927. The molecule has 1 aliphatic rings. The van der Waals surface area contributed by atoms with Crippen molar-refractivity contribution in [3.8, 4) is 0 Å². The second-order valence-corrected chi connectivity index (χ2v) is 6.24. The molecule has 0 bridgehead atoms. The first-order chi connectivity index (χ1) is 9.95. The van der Waals surface area contributed by atoms with Gasteiger partial charge in [0.25, 0.3) is 0 Å². The Hall–Kier alpha value is -1.39. The van der Waals surface area contributed by atoms with Gasteiger partial charge in [0.2, 0.25) is 5.91 Å². The average molecular weight is 290 g/mol. The molecule has 1 saturated heterocycles. The fraction of sp³-hybridized carbons (Fsp3) is 0.588. The van der Waals surface area contributed by atoms with Crippen LogP contribution in [0.5, 0.6) is 0 Å². The summed E-state index contributed by atoms with van der Waals surface area (Å²) in [5.41, 5.74) is 2.10. The van der Waals surface area contributed by atoms with Crippen LogP contribution < -0.4 is 5.32 Å². The summed E-state index contributed by atoms with van der Waals surface area (Å²) in [6.07, 6.45) is 0.369. The highest BCUT2D eigenvalue weighted by Gasteiger charge is 2.23. The highest BCUT2D eigenvalue weighted by atomic mass is 16.5. The van der Waals surface area contributed by atoms with Crippen LogP contribution in [0.4, 0.5) is 5.69 Å². The summed E-state index contributed by atoms with van der Waals surface area (Å²) in [4.78, 5) is 14.4. The maximum absolute atomic E-state index is 12.3. The first kappa shape index (κ1) is 16.0. The van der Waals surface area contributed by atoms with Gasteiger partial charge in [0.1, 0.15) is 0 Å². The number of carbonyl (C=O) groups is 1. The molecule has 0 saturated carbocycles. The summed E-state index contributed by atoms with van der Waals surface area (Å²) in [5, 5.41) is 3.05. The molecule has 0 spiro atoms. The lowest BCUT2D eigenvalue weighted by molar-refractivity contribution is -0.121. The van der Waals surface area contributed by atoms with Crippen LogP contribution >= 0.6 is 0 Å². The van der Waals surface area contributed by atoms with E-state index in [4.69, 9.17) is 4.74 Å². The summed E-state index contributed by atoms with van der Waals surface area (Å²) in [5.74, 6) is 0.439. The van der Waals surface area contributed by atoms with Crippen molar-refractivity contribution in [1.82, 2.24) is 4.90 Å². The first-order valence-electron chi connectivity index (χ1n) is 7.72. The molecule has 1 fully saturated rings. The zero-order chi connectivity index (χ0) is 15.4. The predicted octanol–water partition coefficient (Wildman–Crippen LogP) is 2.86. The van der Waals surface area contributed by atoms with Gasteiger partial charge in [-0.3, -0.25) is 9.69 Å². The van der Waals surface area contributed by atoms with Crippen molar-refractivity contribution in [1.29, 1.82) is 0 Å². The van der Waals surface area contributed by atoms with E-state index in [1.165, 1.54) is 5.56 Å². The van der Waals surface area contributed by atoms with Crippen molar-refractivity contribution in [3.05, 3.63) is 29.8 Å². The fourth-order valence-corrected chi connectivity index (χ4v) is 2.92. The van der Waals surface area contributed by atoms with Gasteiger partial charge in [-0.15, -0.1) is 0 Å². The Bertz CT molecular complexity index is 477. The van der Waals surface area contributed by atoms with Gasteiger partial charge in [0.15, 0.2) is 0 Å². The van der Waals surface area contributed by atoms with Crippen LogP contribution in [0.1, 0.15) is 39.2 Å². The van der Waals surface area contributed by atoms with Crippen molar-refractivity contribution in [2.45, 2.75) is 45.8 Å². The molecule has 0 unspecified atom stereocenters. The van der Waals surface area contributed by atoms with Crippen molar-refractivity contribution in [2.24, 2.45) is 0 Å². The Morgan fingerprint density at radius 3 is 2.52 bits per heavy atom. The van der Waals surface area contributed by atoms with E-state index >= 15 is 0 Å². The van der Waals surface area contributed by atoms with E-state index in [1.54, 1.807) is 0 Å². The van der Waals surface area contributed by atoms with Crippen LogP contribution in [0.2, 0.25) is 0 Å². The van der Waals surface area contributed by atoms with Crippen LogP contribution in [0.15, 0.2) is 24.3 Å². The molecule has 21 heavy (non-hydrogen) atoms. The topological polar surface area (TPSA) is 41.6 Å². The zero-order valence-corrected chi connectivity index (χ0v) is 13.4. The normalized spacial score (nSPS) is 23.3. The van der Waals surface area contributed by atoms with Crippen LogP contribution in [0.25, 0.3) is 0 Å². The molecular weight excluding hydrogens is 264 g/mol. The second kappa shape index (κ2) is 7.05. The summed E-state index contributed by atoms with van der Waals surface area (Å²) < 4.78 is 5.69. The molecule has 2 atom stereocenters.